The van der Waals surface area contributed by atoms with Crippen LogP contribution in [0, 0.1) is 0 Å². The van der Waals surface area contributed by atoms with Crippen LogP contribution in [0.4, 0.5) is 40.9 Å². The maximum Gasteiger partial charge on any atom is 0.232 e. The normalized spacial score (nSPS) is 10.6. The molecule has 2 heterocycles. The van der Waals surface area contributed by atoms with Gasteiger partial charge in [-0.05, 0) is 72.8 Å². The minimum atomic E-state index is -0.0622. The van der Waals surface area contributed by atoms with Gasteiger partial charge in [-0.2, -0.15) is 29.9 Å². The number of nitrogen functional groups attached to an aromatic ring is 1. The lowest BCUT2D eigenvalue weighted by molar-refractivity contribution is 0.475. The Morgan fingerprint density at radius 2 is 0.757 bits per heavy atom. The van der Waals surface area contributed by atoms with Crippen LogP contribution in [-0.2, 0) is 0 Å². The zero-order chi connectivity index (χ0) is 25.8. The summed E-state index contributed by atoms with van der Waals surface area (Å²) < 4.78 is 0. The fourth-order valence-electron chi connectivity index (χ4n) is 3.16. The quantitative estimate of drug-likeness (QED) is 0.161. The van der Waals surface area contributed by atoms with Gasteiger partial charge in [-0.1, -0.05) is 0 Å². The van der Waals surface area contributed by atoms with E-state index in [-0.39, 0.29) is 52.7 Å². The van der Waals surface area contributed by atoms with Crippen LogP contribution in [0.15, 0.2) is 72.8 Å². The third kappa shape index (κ3) is 5.86. The van der Waals surface area contributed by atoms with Crippen molar-refractivity contribution in [2.45, 2.75) is 0 Å². The number of rotatable bonds is 7. The van der Waals surface area contributed by atoms with Crippen molar-refractivity contribution in [1.82, 2.24) is 29.9 Å². The first-order chi connectivity index (χ1) is 17.9. The lowest BCUT2D eigenvalue weighted by Gasteiger charge is -2.11. The lowest BCUT2D eigenvalue weighted by atomic mass is 10.3. The average Bonchev–Trinajstić information content (AvgIpc) is 2.88. The van der Waals surface area contributed by atoms with Crippen LogP contribution in [0.2, 0.25) is 0 Å². The van der Waals surface area contributed by atoms with Crippen molar-refractivity contribution in [3.63, 3.8) is 0 Å². The van der Waals surface area contributed by atoms with E-state index in [1.807, 2.05) is 0 Å². The predicted octanol–water partition coefficient (Wildman–Crippen LogP) is 3.65. The molecular formula is C24H20N10O3. The first kappa shape index (κ1) is 23.0. The van der Waals surface area contributed by atoms with Crippen LogP contribution >= 0.6 is 0 Å². The Balaban J connectivity index is 1.51. The third-order valence-electron chi connectivity index (χ3n) is 4.86. The highest BCUT2D eigenvalue weighted by molar-refractivity contribution is 5.63. The number of phenolic OH excluding ortho intramolecular Hbond substituents is 3. The van der Waals surface area contributed by atoms with Gasteiger partial charge in [-0.25, -0.2) is 0 Å². The molecule has 184 valence electrons. The molecule has 0 radical (unpaired) electrons. The molecule has 13 heteroatoms. The molecular weight excluding hydrogens is 476 g/mol. The van der Waals surface area contributed by atoms with Crippen LogP contribution in [0.25, 0.3) is 11.6 Å². The van der Waals surface area contributed by atoms with Crippen LogP contribution in [0.3, 0.4) is 0 Å². The second kappa shape index (κ2) is 9.87. The molecule has 0 aliphatic rings. The number of aromatic nitrogens is 6. The van der Waals surface area contributed by atoms with Gasteiger partial charge < -0.3 is 37.0 Å². The second-order valence-electron chi connectivity index (χ2n) is 7.66. The maximum absolute atomic E-state index is 9.57. The molecule has 13 nitrogen and oxygen atoms in total. The molecule has 0 fully saturated rings. The summed E-state index contributed by atoms with van der Waals surface area (Å²) in [6.07, 6.45) is 0. The van der Waals surface area contributed by atoms with Crippen molar-refractivity contribution in [2.24, 2.45) is 0 Å². The number of nitrogens with zero attached hydrogens (tertiary/aromatic N) is 6. The van der Waals surface area contributed by atoms with Crippen molar-refractivity contribution in [2.75, 3.05) is 21.7 Å². The van der Waals surface area contributed by atoms with E-state index < -0.39 is 0 Å². The number of benzene rings is 3. The molecule has 3 aromatic carbocycles. The number of nitrogens with two attached hydrogens (primary N) is 1. The summed E-state index contributed by atoms with van der Waals surface area (Å²) in [5, 5.41) is 37.7. The lowest BCUT2D eigenvalue weighted by Crippen LogP contribution is -2.09. The summed E-state index contributed by atoms with van der Waals surface area (Å²) in [6.45, 7) is 0. The molecule has 0 saturated carbocycles. The van der Waals surface area contributed by atoms with Gasteiger partial charge in [0.05, 0.1) is 0 Å². The molecule has 0 bridgehead atoms. The first-order valence-electron chi connectivity index (χ1n) is 10.9. The van der Waals surface area contributed by atoms with Gasteiger partial charge in [0.2, 0.25) is 35.4 Å². The Labute approximate surface area is 209 Å². The van der Waals surface area contributed by atoms with E-state index in [4.69, 9.17) is 5.73 Å². The van der Waals surface area contributed by atoms with Gasteiger partial charge in [0.15, 0.2) is 0 Å². The standard InChI is InChI=1S/C24H20N10O3/c25-21-29-19(30-22(33-21)26-13-1-7-16(35)8-2-13)20-31-23(27-14-3-9-17(36)10-4-14)34-24(32-20)28-15-5-11-18(37)12-6-15/h1-12,35-37H,(H3,25,26,29,30,33)(H2,27,28,31,32,34). The van der Waals surface area contributed by atoms with E-state index in [2.05, 4.69) is 45.9 Å². The van der Waals surface area contributed by atoms with Gasteiger partial charge in [0.1, 0.15) is 17.2 Å². The largest absolute Gasteiger partial charge is 0.508 e. The van der Waals surface area contributed by atoms with E-state index in [9.17, 15) is 15.3 Å². The van der Waals surface area contributed by atoms with Crippen molar-refractivity contribution in [1.29, 1.82) is 0 Å². The minimum absolute atomic E-state index is 0.0622. The van der Waals surface area contributed by atoms with Crippen molar-refractivity contribution < 1.29 is 15.3 Å². The zero-order valence-electron chi connectivity index (χ0n) is 19.0. The Kier molecular flexibility index (Phi) is 6.15. The molecule has 0 spiro atoms. The molecule has 5 rings (SSSR count). The van der Waals surface area contributed by atoms with E-state index in [0.717, 1.165) is 0 Å². The highest BCUT2D eigenvalue weighted by Gasteiger charge is 2.15. The van der Waals surface area contributed by atoms with Crippen LogP contribution in [-0.4, -0.2) is 45.2 Å². The van der Waals surface area contributed by atoms with Crippen LogP contribution in [0.1, 0.15) is 0 Å². The summed E-state index contributed by atoms with van der Waals surface area (Å²) in [5.41, 5.74) is 7.80. The number of aromatic hydroxyl groups is 3. The molecule has 0 atom stereocenters. The Morgan fingerprint density at radius 3 is 1.14 bits per heavy atom. The molecule has 8 N–H and O–H groups in total. The van der Waals surface area contributed by atoms with Crippen molar-refractivity contribution >= 4 is 40.9 Å². The predicted molar refractivity (Wildman–Crippen MR) is 137 cm³/mol. The second-order valence-corrected chi connectivity index (χ2v) is 7.66. The number of hydrogen-bond acceptors (Lipinski definition) is 13. The summed E-state index contributed by atoms with van der Waals surface area (Å²) in [6, 6.07) is 19.1. The molecule has 37 heavy (non-hydrogen) atoms. The highest BCUT2D eigenvalue weighted by atomic mass is 16.3. The summed E-state index contributed by atoms with van der Waals surface area (Å²) in [5.74, 6) is 0.959. The van der Waals surface area contributed by atoms with Crippen LogP contribution in [0.5, 0.6) is 17.2 Å². The Morgan fingerprint density at radius 1 is 0.432 bits per heavy atom. The van der Waals surface area contributed by atoms with Crippen molar-refractivity contribution in [3.05, 3.63) is 72.8 Å². The van der Waals surface area contributed by atoms with E-state index in [1.165, 1.54) is 36.4 Å². The van der Waals surface area contributed by atoms with Gasteiger partial charge in [-0.15, -0.1) is 0 Å². The van der Waals surface area contributed by atoms with Gasteiger partial charge in [0.25, 0.3) is 0 Å². The molecule has 5 aromatic rings. The number of nitrogens with one attached hydrogen (secondary N) is 3. The van der Waals surface area contributed by atoms with Gasteiger partial charge >= 0.3 is 0 Å². The molecule has 0 aliphatic carbocycles. The zero-order valence-corrected chi connectivity index (χ0v) is 19.0. The molecule has 0 unspecified atom stereocenters. The van der Waals surface area contributed by atoms with E-state index in [1.54, 1.807) is 36.4 Å². The monoisotopic (exact) mass is 496 g/mol. The summed E-state index contributed by atoms with van der Waals surface area (Å²) >= 11 is 0. The Bertz CT molecular complexity index is 1460. The van der Waals surface area contributed by atoms with Gasteiger partial charge in [-0.3, -0.25) is 0 Å². The fraction of sp³-hybridized carbons (Fsp3) is 0. The number of hydrogen-bond donors (Lipinski definition) is 7. The van der Waals surface area contributed by atoms with Gasteiger partial charge in [0, 0.05) is 17.1 Å². The summed E-state index contributed by atoms with van der Waals surface area (Å²) in [7, 11) is 0. The topological polar surface area (TPSA) is 200 Å². The fourth-order valence-corrected chi connectivity index (χ4v) is 3.16. The minimum Gasteiger partial charge on any atom is -0.508 e. The average molecular weight is 496 g/mol. The van der Waals surface area contributed by atoms with Crippen LogP contribution < -0.4 is 21.7 Å². The number of anilines is 7. The Hall–Kier alpha value is -5.72. The molecule has 0 aliphatic heterocycles. The third-order valence-corrected chi connectivity index (χ3v) is 4.86. The number of phenols is 3. The first-order valence-corrected chi connectivity index (χ1v) is 10.9. The molecule has 2 aromatic heterocycles. The maximum atomic E-state index is 9.57. The van der Waals surface area contributed by atoms with E-state index >= 15 is 0 Å². The van der Waals surface area contributed by atoms with E-state index in [0.29, 0.717) is 17.1 Å². The van der Waals surface area contributed by atoms with Crippen molar-refractivity contribution in [3.8, 4) is 28.9 Å². The SMILES string of the molecule is Nc1nc(Nc2ccc(O)cc2)nc(-c2nc(Nc3ccc(O)cc3)nc(Nc3ccc(O)cc3)n2)n1. The highest BCUT2D eigenvalue weighted by Crippen LogP contribution is 2.24. The molecule has 0 amide bonds. The molecule has 0 saturated heterocycles. The summed E-state index contributed by atoms with van der Waals surface area (Å²) in [4.78, 5) is 25.9. The smallest absolute Gasteiger partial charge is 0.232 e.